The number of aromatic amines is 1. The lowest BCUT2D eigenvalue weighted by molar-refractivity contribution is -0.139. The summed E-state index contributed by atoms with van der Waals surface area (Å²) in [5, 5.41) is 13.0. The Bertz CT molecular complexity index is 1140. The molecule has 1 aliphatic carbocycles. The van der Waals surface area contributed by atoms with E-state index >= 15 is 0 Å². The molecule has 9 nitrogen and oxygen atoms in total. The number of fused-ring (bicyclic) bond motifs is 2. The number of likely N-dealkylation sites (tertiary alicyclic amines) is 1. The summed E-state index contributed by atoms with van der Waals surface area (Å²) in [5.41, 5.74) is 0.988. The quantitative estimate of drug-likeness (QED) is 0.435. The van der Waals surface area contributed by atoms with E-state index in [4.69, 9.17) is 14.4 Å². The molecule has 4 unspecified atom stereocenters. The molecule has 1 radical (unpaired) electrons. The summed E-state index contributed by atoms with van der Waals surface area (Å²) in [5.74, 6) is 0.936. The van der Waals surface area contributed by atoms with Crippen LogP contribution in [0, 0.1) is 11.8 Å². The number of hydrogen-bond donors (Lipinski definition) is 3. The number of nitrogens with one attached hydrogen (secondary N) is 2. The van der Waals surface area contributed by atoms with Crippen LogP contribution in [0.3, 0.4) is 0 Å². The molecule has 2 fully saturated rings. The standard InChI is InChI=1S/C28H40BN4O5/c1-16(2)22(32-26(35)37-7)25(34)33-20-13-10-18(14-20)23(33)24-30-15-21(31-24)17-8-11-19(12-9-17)29-38-28(5,6)27(3,4)36/h8-9,11-12,15-16,18,20,22-23,36H,10,13-14H2,1-7H3,(H,30,31)(H,32,35). The zero-order chi connectivity index (χ0) is 27.8. The van der Waals surface area contributed by atoms with Crippen LogP contribution in [0.15, 0.2) is 30.5 Å². The zero-order valence-electron chi connectivity index (χ0n) is 23.4. The number of aromatic nitrogens is 2. The molecule has 2 amide bonds. The molecule has 3 N–H and O–H groups in total. The molecule has 1 saturated heterocycles. The fourth-order valence-corrected chi connectivity index (χ4v) is 5.25. The maximum atomic E-state index is 13.7. The third-order valence-corrected chi connectivity index (χ3v) is 8.29. The van der Waals surface area contributed by atoms with Crippen molar-refractivity contribution in [1.29, 1.82) is 0 Å². The van der Waals surface area contributed by atoms with Crippen molar-refractivity contribution in [3.05, 3.63) is 36.3 Å². The number of imidazole rings is 1. The fraction of sp³-hybridized carbons (Fsp3) is 0.607. The maximum Gasteiger partial charge on any atom is 0.407 e. The fourth-order valence-electron chi connectivity index (χ4n) is 5.25. The highest BCUT2D eigenvalue weighted by atomic mass is 16.5. The van der Waals surface area contributed by atoms with Gasteiger partial charge in [-0.3, -0.25) is 4.79 Å². The molecule has 4 atom stereocenters. The highest BCUT2D eigenvalue weighted by Crippen LogP contribution is 2.50. The Hall–Kier alpha value is -2.85. The second-order valence-electron chi connectivity index (χ2n) is 11.9. The van der Waals surface area contributed by atoms with E-state index in [1.165, 1.54) is 7.11 Å². The van der Waals surface area contributed by atoms with Gasteiger partial charge in [-0.25, -0.2) is 9.78 Å². The third-order valence-electron chi connectivity index (χ3n) is 8.29. The minimum atomic E-state index is -0.991. The number of rotatable bonds is 9. The average molecular weight is 523 g/mol. The summed E-state index contributed by atoms with van der Waals surface area (Å²) in [6.45, 7) is 11.0. The van der Waals surface area contributed by atoms with E-state index in [1.54, 1.807) is 21.3 Å². The number of carbonyl (C=O) groups excluding carboxylic acids is 2. The highest BCUT2D eigenvalue weighted by Gasteiger charge is 2.51. The number of hydrogen-bond acceptors (Lipinski definition) is 6. The first kappa shape index (κ1) is 28.2. The van der Waals surface area contributed by atoms with Gasteiger partial charge in [-0.15, -0.1) is 0 Å². The number of nitrogens with zero attached hydrogens (tertiary/aromatic N) is 2. The van der Waals surface area contributed by atoms with Gasteiger partial charge in [0.1, 0.15) is 11.9 Å². The molecule has 1 aromatic carbocycles. The Morgan fingerprint density at radius 2 is 1.87 bits per heavy atom. The lowest BCUT2D eigenvalue weighted by atomic mass is 9.82. The average Bonchev–Trinajstić information content (AvgIpc) is 3.61. The smallest absolute Gasteiger partial charge is 0.407 e. The number of aliphatic hydroxyl groups is 1. The second-order valence-corrected chi connectivity index (χ2v) is 11.9. The summed E-state index contributed by atoms with van der Waals surface area (Å²) >= 11 is 0. The molecular formula is C28H40BN4O5. The van der Waals surface area contributed by atoms with Gasteiger partial charge < -0.3 is 29.7 Å². The van der Waals surface area contributed by atoms with Crippen molar-refractivity contribution >= 4 is 24.9 Å². The molecule has 2 aliphatic rings. The number of benzene rings is 1. The minimum absolute atomic E-state index is 0.0816. The number of carbonyl (C=O) groups is 2. The lowest BCUT2D eigenvalue weighted by Gasteiger charge is -2.37. The van der Waals surface area contributed by atoms with Crippen LogP contribution >= 0.6 is 0 Å². The first-order valence-corrected chi connectivity index (χ1v) is 13.4. The zero-order valence-corrected chi connectivity index (χ0v) is 23.4. The summed E-state index contributed by atoms with van der Waals surface area (Å²) in [6.07, 6.45) is 4.17. The first-order chi connectivity index (χ1) is 17.8. The third kappa shape index (κ3) is 5.61. The molecule has 2 heterocycles. The van der Waals surface area contributed by atoms with Crippen molar-refractivity contribution in [1.82, 2.24) is 20.2 Å². The van der Waals surface area contributed by atoms with Gasteiger partial charge in [0, 0.05) is 6.04 Å². The molecule has 0 spiro atoms. The Morgan fingerprint density at radius 3 is 2.47 bits per heavy atom. The van der Waals surface area contributed by atoms with E-state index in [0.29, 0.717) is 5.92 Å². The van der Waals surface area contributed by atoms with Crippen molar-refractivity contribution in [2.45, 2.75) is 90.1 Å². The maximum absolute atomic E-state index is 13.7. The van der Waals surface area contributed by atoms with Gasteiger partial charge in [0.05, 0.1) is 36.2 Å². The van der Waals surface area contributed by atoms with Crippen molar-refractivity contribution in [2.24, 2.45) is 11.8 Å². The lowest BCUT2D eigenvalue weighted by Crippen LogP contribution is -2.54. The van der Waals surface area contributed by atoms with Crippen LogP contribution in [-0.4, -0.2) is 69.9 Å². The van der Waals surface area contributed by atoms with Gasteiger partial charge in [-0.2, -0.15) is 0 Å². The first-order valence-electron chi connectivity index (χ1n) is 13.4. The van der Waals surface area contributed by atoms with E-state index in [0.717, 1.165) is 41.8 Å². The van der Waals surface area contributed by atoms with E-state index in [-0.39, 0.29) is 23.9 Å². The van der Waals surface area contributed by atoms with Crippen LogP contribution in [0.1, 0.15) is 72.7 Å². The molecule has 10 heteroatoms. The van der Waals surface area contributed by atoms with Crippen molar-refractivity contribution in [3.8, 4) is 11.3 Å². The predicted molar refractivity (Wildman–Crippen MR) is 146 cm³/mol. The van der Waals surface area contributed by atoms with Gasteiger partial charge in [0.25, 0.3) is 0 Å². The molecule has 38 heavy (non-hydrogen) atoms. The van der Waals surface area contributed by atoms with Gasteiger partial charge >= 0.3 is 13.6 Å². The monoisotopic (exact) mass is 523 g/mol. The summed E-state index contributed by atoms with van der Waals surface area (Å²) in [7, 11) is 2.96. The number of alkyl carbamates (subject to hydrolysis) is 1. The van der Waals surface area contributed by atoms with E-state index in [1.807, 2.05) is 63.1 Å². The molecule has 1 saturated carbocycles. The van der Waals surface area contributed by atoms with E-state index in [9.17, 15) is 14.7 Å². The van der Waals surface area contributed by atoms with Crippen LogP contribution in [-0.2, 0) is 14.2 Å². The Balaban J connectivity index is 1.50. The SMILES string of the molecule is COC(=O)NC(C(=O)N1C2CCC(C2)C1c1ncc(-c2ccc([B]OC(C)(C)C(C)(C)O)cc2)[nH]1)C(C)C. The van der Waals surface area contributed by atoms with Crippen molar-refractivity contribution in [2.75, 3.05) is 7.11 Å². The minimum Gasteiger partial charge on any atom is -0.453 e. The molecular weight excluding hydrogens is 483 g/mol. The van der Waals surface area contributed by atoms with Gasteiger partial charge in [-0.1, -0.05) is 43.6 Å². The Labute approximate surface area is 226 Å². The summed E-state index contributed by atoms with van der Waals surface area (Å²) < 4.78 is 10.6. The summed E-state index contributed by atoms with van der Waals surface area (Å²) in [6, 6.07) is 7.22. The largest absolute Gasteiger partial charge is 0.453 e. The molecule has 1 aliphatic heterocycles. The van der Waals surface area contributed by atoms with Crippen LogP contribution in [0.25, 0.3) is 11.3 Å². The van der Waals surface area contributed by atoms with Gasteiger partial charge in [-0.05, 0) is 64.4 Å². The number of amides is 2. The number of piperidine rings is 1. The van der Waals surface area contributed by atoms with Crippen LogP contribution in [0.4, 0.5) is 4.79 Å². The topological polar surface area (TPSA) is 117 Å². The predicted octanol–water partition coefficient (Wildman–Crippen LogP) is 3.32. The Kier molecular flexibility index (Phi) is 7.95. The van der Waals surface area contributed by atoms with Crippen LogP contribution < -0.4 is 10.8 Å². The molecule has 1 aromatic heterocycles. The molecule has 2 bridgehead atoms. The highest BCUT2D eigenvalue weighted by molar-refractivity contribution is 6.47. The normalized spacial score (nSPS) is 22.0. The summed E-state index contributed by atoms with van der Waals surface area (Å²) in [4.78, 5) is 35.7. The Morgan fingerprint density at radius 1 is 1.18 bits per heavy atom. The van der Waals surface area contributed by atoms with Crippen molar-refractivity contribution < 1.29 is 24.1 Å². The van der Waals surface area contributed by atoms with Crippen LogP contribution in [0.5, 0.6) is 0 Å². The molecule has 2 aromatic rings. The number of methoxy groups -OCH3 is 1. The van der Waals surface area contributed by atoms with Gasteiger partial charge in [0.15, 0.2) is 0 Å². The van der Waals surface area contributed by atoms with Crippen LogP contribution in [0.2, 0.25) is 0 Å². The number of H-pyrrole nitrogens is 1. The van der Waals surface area contributed by atoms with E-state index in [2.05, 4.69) is 10.3 Å². The van der Waals surface area contributed by atoms with E-state index < -0.39 is 23.3 Å². The van der Waals surface area contributed by atoms with Gasteiger partial charge in [0.2, 0.25) is 5.91 Å². The van der Waals surface area contributed by atoms with Crippen molar-refractivity contribution in [3.63, 3.8) is 0 Å². The molecule has 4 rings (SSSR count). The second kappa shape index (κ2) is 10.7. The molecule has 205 valence electrons. The number of ether oxygens (including phenoxy) is 1.